The van der Waals surface area contributed by atoms with Crippen molar-refractivity contribution >= 4 is 52.4 Å². The average molecular weight is 509 g/mol. The van der Waals surface area contributed by atoms with Gasteiger partial charge in [0.2, 0.25) is 0 Å². The summed E-state index contributed by atoms with van der Waals surface area (Å²) in [5.74, 6) is -1.38. The van der Waals surface area contributed by atoms with E-state index in [4.69, 9.17) is 27.9 Å². The summed E-state index contributed by atoms with van der Waals surface area (Å²) < 4.78 is 5.46. The molecule has 3 aromatic carbocycles. The van der Waals surface area contributed by atoms with Crippen molar-refractivity contribution < 1.29 is 19.1 Å². The van der Waals surface area contributed by atoms with Gasteiger partial charge in [-0.2, -0.15) is 0 Å². The lowest BCUT2D eigenvalue weighted by molar-refractivity contribution is -0.120. The van der Waals surface area contributed by atoms with E-state index in [1.165, 1.54) is 0 Å². The van der Waals surface area contributed by atoms with E-state index in [2.05, 4.69) is 26.1 Å². The Morgan fingerprint density at radius 3 is 2.09 bits per heavy atom. The molecule has 1 aliphatic rings. The lowest BCUT2D eigenvalue weighted by Gasteiger charge is -2.19. The van der Waals surface area contributed by atoms with Crippen molar-refractivity contribution in [1.29, 1.82) is 0 Å². The standard InChI is InChI=1S/C27H22Cl2N2O4/c1-27(2,3)17-10-14-19(15-11-17)35-26(34)16-8-12-18(13-9-16)30-23-22(29)24(32)31(25(23)33)21-7-5-4-6-20(21)28/h4-15,30H,1-3H3. The molecule has 2 amide bonds. The number of esters is 1. The molecule has 0 unspecified atom stereocenters. The molecule has 35 heavy (non-hydrogen) atoms. The first-order valence-corrected chi connectivity index (χ1v) is 11.5. The van der Waals surface area contributed by atoms with Crippen LogP contribution in [0.2, 0.25) is 5.02 Å². The number of anilines is 2. The first-order chi connectivity index (χ1) is 16.6. The van der Waals surface area contributed by atoms with E-state index >= 15 is 0 Å². The highest BCUT2D eigenvalue weighted by atomic mass is 35.5. The van der Waals surface area contributed by atoms with Crippen LogP contribution in [-0.2, 0) is 15.0 Å². The van der Waals surface area contributed by atoms with Gasteiger partial charge in [-0.05, 0) is 59.5 Å². The number of halogens is 2. The Kier molecular flexibility index (Phi) is 6.70. The van der Waals surface area contributed by atoms with Gasteiger partial charge in [0.1, 0.15) is 16.5 Å². The van der Waals surface area contributed by atoms with Crippen molar-refractivity contribution in [2.45, 2.75) is 26.2 Å². The number of hydrogen-bond donors (Lipinski definition) is 1. The number of ether oxygens (including phenoxy) is 1. The largest absolute Gasteiger partial charge is 0.423 e. The summed E-state index contributed by atoms with van der Waals surface area (Å²) >= 11 is 12.3. The molecular formula is C27H22Cl2N2O4. The number of benzene rings is 3. The second-order valence-corrected chi connectivity index (χ2v) is 9.74. The number of carbonyl (C=O) groups excluding carboxylic acids is 3. The van der Waals surface area contributed by atoms with Crippen LogP contribution < -0.4 is 15.0 Å². The molecular weight excluding hydrogens is 487 g/mol. The van der Waals surface area contributed by atoms with Gasteiger partial charge in [0.15, 0.2) is 0 Å². The van der Waals surface area contributed by atoms with Gasteiger partial charge < -0.3 is 10.1 Å². The van der Waals surface area contributed by atoms with E-state index in [0.29, 0.717) is 17.0 Å². The number of para-hydroxylation sites is 1. The molecule has 1 aliphatic heterocycles. The van der Waals surface area contributed by atoms with Crippen LogP contribution in [0.4, 0.5) is 11.4 Å². The number of amides is 2. The maximum absolute atomic E-state index is 12.9. The molecule has 0 fully saturated rings. The second-order valence-electron chi connectivity index (χ2n) is 8.95. The predicted molar refractivity (Wildman–Crippen MR) is 137 cm³/mol. The molecule has 0 aliphatic carbocycles. The lowest BCUT2D eigenvalue weighted by Crippen LogP contribution is -2.32. The molecule has 0 saturated carbocycles. The molecule has 0 radical (unpaired) electrons. The third-order valence-electron chi connectivity index (χ3n) is 5.44. The number of carbonyl (C=O) groups is 3. The van der Waals surface area contributed by atoms with Gasteiger partial charge in [-0.25, -0.2) is 9.69 Å². The van der Waals surface area contributed by atoms with Crippen LogP contribution in [0, 0.1) is 0 Å². The summed E-state index contributed by atoms with van der Waals surface area (Å²) in [5.41, 5.74) is 2.08. The Hall–Kier alpha value is -3.61. The highest BCUT2D eigenvalue weighted by Crippen LogP contribution is 2.34. The van der Waals surface area contributed by atoms with E-state index in [1.54, 1.807) is 60.7 Å². The van der Waals surface area contributed by atoms with Crippen LogP contribution in [0.5, 0.6) is 5.75 Å². The zero-order valence-electron chi connectivity index (χ0n) is 19.3. The maximum Gasteiger partial charge on any atom is 0.343 e. The summed E-state index contributed by atoms with van der Waals surface area (Å²) in [4.78, 5) is 39.0. The number of hydrogen-bond acceptors (Lipinski definition) is 5. The zero-order valence-corrected chi connectivity index (χ0v) is 20.8. The predicted octanol–water partition coefficient (Wildman–Crippen LogP) is 6.29. The maximum atomic E-state index is 12.9. The molecule has 0 spiro atoms. The van der Waals surface area contributed by atoms with Crippen molar-refractivity contribution in [1.82, 2.24) is 0 Å². The van der Waals surface area contributed by atoms with Gasteiger partial charge in [-0.1, -0.05) is 68.2 Å². The molecule has 0 atom stereocenters. The highest BCUT2D eigenvalue weighted by molar-refractivity contribution is 6.53. The van der Waals surface area contributed by atoms with Crippen molar-refractivity contribution in [3.8, 4) is 5.75 Å². The molecule has 1 heterocycles. The van der Waals surface area contributed by atoms with Crippen LogP contribution in [-0.4, -0.2) is 17.8 Å². The van der Waals surface area contributed by atoms with Crippen molar-refractivity contribution in [2.24, 2.45) is 0 Å². The van der Waals surface area contributed by atoms with E-state index in [0.717, 1.165) is 10.5 Å². The molecule has 178 valence electrons. The SMILES string of the molecule is CC(C)(C)c1ccc(OC(=O)c2ccc(NC3=C(Cl)C(=O)N(c4ccccc4Cl)C3=O)cc2)cc1. The average Bonchev–Trinajstić information content (AvgIpc) is 3.03. The Labute approximate surface area is 213 Å². The van der Waals surface area contributed by atoms with Gasteiger partial charge >= 0.3 is 5.97 Å². The van der Waals surface area contributed by atoms with E-state index in [9.17, 15) is 14.4 Å². The fourth-order valence-electron chi connectivity index (χ4n) is 3.49. The van der Waals surface area contributed by atoms with Crippen LogP contribution in [0.3, 0.4) is 0 Å². The van der Waals surface area contributed by atoms with Crippen molar-refractivity contribution in [2.75, 3.05) is 10.2 Å². The zero-order chi connectivity index (χ0) is 25.3. The Morgan fingerprint density at radius 1 is 0.857 bits per heavy atom. The summed E-state index contributed by atoms with van der Waals surface area (Å²) in [6.45, 7) is 6.32. The minimum atomic E-state index is -0.676. The molecule has 0 aromatic heterocycles. The first kappa shape index (κ1) is 24.5. The van der Waals surface area contributed by atoms with Gasteiger partial charge in [-0.15, -0.1) is 0 Å². The van der Waals surface area contributed by atoms with Crippen LogP contribution in [0.25, 0.3) is 0 Å². The summed E-state index contributed by atoms with van der Waals surface area (Å²) in [5, 5.41) is 2.86. The number of nitrogens with zero attached hydrogens (tertiary/aromatic N) is 1. The van der Waals surface area contributed by atoms with E-state index < -0.39 is 17.8 Å². The quantitative estimate of drug-likeness (QED) is 0.249. The van der Waals surface area contributed by atoms with Gasteiger partial charge in [0, 0.05) is 5.69 Å². The Morgan fingerprint density at radius 2 is 1.49 bits per heavy atom. The molecule has 6 nitrogen and oxygen atoms in total. The number of imide groups is 1. The third kappa shape index (κ3) is 5.09. The summed E-state index contributed by atoms with van der Waals surface area (Å²) in [6.07, 6.45) is 0. The van der Waals surface area contributed by atoms with E-state index in [1.807, 2.05) is 12.1 Å². The smallest absolute Gasteiger partial charge is 0.343 e. The van der Waals surface area contributed by atoms with Gasteiger partial charge in [0.05, 0.1) is 16.3 Å². The van der Waals surface area contributed by atoms with Crippen LogP contribution in [0.15, 0.2) is 83.5 Å². The minimum Gasteiger partial charge on any atom is -0.423 e. The molecule has 0 bridgehead atoms. The normalized spacial score (nSPS) is 13.9. The topological polar surface area (TPSA) is 75.7 Å². The lowest BCUT2D eigenvalue weighted by atomic mass is 9.87. The Bertz CT molecular complexity index is 1340. The van der Waals surface area contributed by atoms with Gasteiger partial charge in [0.25, 0.3) is 11.8 Å². The van der Waals surface area contributed by atoms with Gasteiger partial charge in [-0.3, -0.25) is 9.59 Å². The Balaban J connectivity index is 1.45. The molecule has 8 heteroatoms. The highest BCUT2D eigenvalue weighted by Gasteiger charge is 2.39. The second kappa shape index (κ2) is 9.56. The number of nitrogens with one attached hydrogen (secondary N) is 1. The van der Waals surface area contributed by atoms with Crippen LogP contribution >= 0.6 is 23.2 Å². The molecule has 4 rings (SSSR count). The van der Waals surface area contributed by atoms with E-state index in [-0.39, 0.29) is 26.9 Å². The number of rotatable bonds is 5. The molecule has 0 saturated heterocycles. The molecule has 1 N–H and O–H groups in total. The fourth-order valence-corrected chi connectivity index (χ4v) is 3.92. The first-order valence-electron chi connectivity index (χ1n) is 10.8. The van der Waals surface area contributed by atoms with Crippen molar-refractivity contribution in [3.63, 3.8) is 0 Å². The summed E-state index contributed by atoms with van der Waals surface area (Å²) in [6, 6.07) is 20.2. The van der Waals surface area contributed by atoms with Crippen molar-refractivity contribution in [3.05, 3.63) is 99.7 Å². The van der Waals surface area contributed by atoms with Crippen LogP contribution in [0.1, 0.15) is 36.7 Å². The minimum absolute atomic E-state index is 0.000587. The monoisotopic (exact) mass is 508 g/mol. The fraction of sp³-hybridized carbons (Fsp3) is 0.148. The summed E-state index contributed by atoms with van der Waals surface area (Å²) in [7, 11) is 0. The molecule has 3 aromatic rings. The third-order valence-corrected chi connectivity index (χ3v) is 6.11.